The second kappa shape index (κ2) is 14.1. The van der Waals surface area contributed by atoms with E-state index in [4.69, 9.17) is 28.3 Å². The third-order valence-electron chi connectivity index (χ3n) is 5.77. The van der Waals surface area contributed by atoms with Crippen LogP contribution in [0.5, 0.6) is 0 Å². The number of anilines is 2. The molecule has 5 rings (SSSR count). The zero-order valence-electron chi connectivity index (χ0n) is 20.5. The normalized spacial score (nSPS) is 10.4. The van der Waals surface area contributed by atoms with E-state index in [0.29, 0.717) is 27.0 Å². The number of para-hydroxylation sites is 2. The van der Waals surface area contributed by atoms with Crippen molar-refractivity contribution < 1.29 is 9.90 Å². The first-order valence-corrected chi connectivity index (χ1v) is 17.1. The Morgan fingerprint density at radius 1 is 0.605 bits per heavy atom. The van der Waals surface area contributed by atoms with E-state index in [1.807, 2.05) is 6.07 Å². The number of nitrogens with one attached hydrogen (secondary N) is 1. The van der Waals surface area contributed by atoms with Crippen molar-refractivity contribution >= 4 is 71.0 Å². The fourth-order valence-electron chi connectivity index (χ4n) is 4.03. The fraction of sp³-hybridized carbons (Fsp3) is 0.0312. The number of carboxylic acid groups (broad SMARTS) is 1. The third kappa shape index (κ3) is 7.64. The van der Waals surface area contributed by atoms with Crippen molar-refractivity contribution in [3.05, 3.63) is 149 Å². The van der Waals surface area contributed by atoms with Gasteiger partial charge in [0.25, 0.3) is 0 Å². The fourth-order valence-corrected chi connectivity index (χ4v) is 11.9. The van der Waals surface area contributed by atoms with Crippen LogP contribution in [0.2, 0.25) is 10.0 Å². The Labute approximate surface area is 240 Å². The molecule has 0 bridgehead atoms. The van der Waals surface area contributed by atoms with E-state index in [0.717, 1.165) is 0 Å². The first kappa shape index (κ1) is 27.8. The Morgan fingerprint density at radius 3 is 1.47 bits per heavy atom. The van der Waals surface area contributed by atoms with E-state index >= 15 is 0 Å². The van der Waals surface area contributed by atoms with E-state index in [1.165, 1.54) is 10.7 Å². The summed E-state index contributed by atoms with van der Waals surface area (Å²) in [4.78, 5) is 10.8. The monoisotopic (exact) mass is 646 g/mol. The van der Waals surface area contributed by atoms with Gasteiger partial charge in [0.1, 0.15) is 0 Å². The van der Waals surface area contributed by atoms with E-state index in [-0.39, 0.29) is 6.42 Å². The Hall–Kier alpha value is -3.25. The van der Waals surface area contributed by atoms with E-state index in [1.54, 1.807) is 36.4 Å². The van der Waals surface area contributed by atoms with E-state index < -0.39 is 25.7 Å². The maximum atomic E-state index is 10.8. The predicted molar refractivity (Wildman–Crippen MR) is 162 cm³/mol. The average Bonchev–Trinajstić information content (AvgIpc) is 2.94. The van der Waals surface area contributed by atoms with Crippen molar-refractivity contribution in [2.45, 2.75) is 6.42 Å². The molecule has 0 saturated carbocycles. The molecule has 0 aliphatic carbocycles. The molecule has 0 atom stereocenters. The molecule has 5 aromatic carbocycles. The molecule has 189 valence electrons. The number of benzene rings is 5. The molecule has 3 nitrogen and oxygen atoms in total. The van der Waals surface area contributed by atoms with Gasteiger partial charge in [0, 0.05) is 5.69 Å². The number of aliphatic carboxylic acids is 1. The number of halogens is 2. The summed E-state index contributed by atoms with van der Waals surface area (Å²) in [7, 11) is 0. The summed E-state index contributed by atoms with van der Waals surface area (Å²) in [6.07, 6.45) is -0.0642. The van der Waals surface area contributed by atoms with Gasteiger partial charge in [0.15, 0.2) is 0 Å². The average molecular weight is 646 g/mol. The van der Waals surface area contributed by atoms with Crippen LogP contribution in [0.25, 0.3) is 0 Å². The van der Waals surface area contributed by atoms with Crippen LogP contribution in [0.3, 0.4) is 0 Å². The molecule has 0 aliphatic rings. The van der Waals surface area contributed by atoms with Crippen LogP contribution in [0.4, 0.5) is 11.4 Å². The Kier molecular flexibility index (Phi) is 10.3. The van der Waals surface area contributed by atoms with Crippen LogP contribution in [0, 0.1) is 0 Å². The molecular weight excluding hydrogens is 620 g/mol. The van der Waals surface area contributed by atoms with Crippen molar-refractivity contribution in [2.24, 2.45) is 0 Å². The number of hydrogen-bond donors (Lipinski definition) is 2. The Bertz CT molecular complexity index is 1350. The maximum absolute atomic E-state index is 10.8. The number of rotatable bonds is 7. The van der Waals surface area contributed by atoms with Gasteiger partial charge >= 0.3 is 127 Å². The molecule has 0 aliphatic heterocycles. The van der Waals surface area contributed by atoms with Crippen molar-refractivity contribution in [1.29, 1.82) is 0 Å². The predicted octanol–water partition coefficient (Wildman–Crippen LogP) is 6.57. The molecule has 0 amide bonds. The molecule has 38 heavy (non-hydrogen) atoms. The molecule has 5 aromatic rings. The first-order valence-electron chi connectivity index (χ1n) is 12.1. The summed E-state index contributed by atoms with van der Waals surface area (Å²) < 4.78 is 4.59. The van der Waals surface area contributed by atoms with Crippen LogP contribution in [0.1, 0.15) is 5.56 Å². The molecule has 0 saturated heterocycles. The molecular formula is C32H26Cl2NO2Sn. The minimum absolute atomic E-state index is 0.0642. The minimum atomic E-state index is -1.98. The third-order valence-corrected chi connectivity index (χ3v) is 14.2. The zero-order chi connectivity index (χ0) is 26.7. The molecule has 0 fully saturated rings. The van der Waals surface area contributed by atoms with Gasteiger partial charge in [-0.25, -0.2) is 0 Å². The van der Waals surface area contributed by atoms with Crippen LogP contribution < -0.4 is 16.1 Å². The van der Waals surface area contributed by atoms with Crippen LogP contribution in [0.15, 0.2) is 133 Å². The second-order valence-electron chi connectivity index (χ2n) is 8.42. The van der Waals surface area contributed by atoms with Gasteiger partial charge in [-0.15, -0.1) is 0 Å². The van der Waals surface area contributed by atoms with Gasteiger partial charge in [-0.05, 0) is 23.8 Å². The first-order chi connectivity index (χ1) is 18.5. The number of carbonyl (C=O) groups is 1. The van der Waals surface area contributed by atoms with Crippen LogP contribution >= 0.6 is 23.2 Å². The molecule has 2 N–H and O–H groups in total. The topological polar surface area (TPSA) is 49.3 Å². The van der Waals surface area contributed by atoms with Gasteiger partial charge in [-0.3, -0.25) is 4.79 Å². The Balaban J connectivity index is 0.000000177. The van der Waals surface area contributed by atoms with E-state index in [2.05, 4.69) is 96.3 Å². The Morgan fingerprint density at radius 2 is 1.03 bits per heavy atom. The van der Waals surface area contributed by atoms with Gasteiger partial charge < -0.3 is 10.4 Å². The summed E-state index contributed by atoms with van der Waals surface area (Å²) >= 11 is 10.2. The van der Waals surface area contributed by atoms with Crippen molar-refractivity contribution in [1.82, 2.24) is 0 Å². The summed E-state index contributed by atoms with van der Waals surface area (Å²) in [6, 6.07) is 45.3. The van der Waals surface area contributed by atoms with Gasteiger partial charge in [0.05, 0.1) is 22.2 Å². The van der Waals surface area contributed by atoms with Crippen LogP contribution in [-0.2, 0) is 11.2 Å². The quantitative estimate of drug-likeness (QED) is 0.197. The summed E-state index contributed by atoms with van der Waals surface area (Å²) in [5.74, 6) is -0.889. The molecule has 1 radical (unpaired) electrons. The van der Waals surface area contributed by atoms with Crippen molar-refractivity contribution in [3.63, 3.8) is 0 Å². The zero-order valence-corrected chi connectivity index (χ0v) is 24.9. The summed E-state index contributed by atoms with van der Waals surface area (Å²) in [6.45, 7) is 0. The van der Waals surface area contributed by atoms with Gasteiger partial charge in [-0.2, -0.15) is 0 Å². The number of hydrogen-bond acceptors (Lipinski definition) is 2. The molecule has 6 heteroatoms. The second-order valence-corrected chi connectivity index (χ2v) is 16.3. The van der Waals surface area contributed by atoms with Crippen molar-refractivity contribution in [3.8, 4) is 0 Å². The SMILES string of the molecule is O=C(O)Cc1ccccc1Nc1c(Cl)cccc1Cl.c1cc[c]([Sn]([c]2ccccc2)[c]2ccccc2)cc1. The van der Waals surface area contributed by atoms with Gasteiger partial charge in [0.2, 0.25) is 0 Å². The van der Waals surface area contributed by atoms with Crippen molar-refractivity contribution in [2.75, 3.05) is 5.32 Å². The standard InChI is InChI=1S/C14H11Cl2NO2.3C6H5.Sn/c15-10-5-3-6-11(16)14(10)17-12-7-2-1-4-9(12)8-13(18)19;3*1-2-4-6-5-3-1;/h1-7,17H,8H2,(H,18,19);3*1-5H;. The molecule has 0 aromatic heterocycles. The van der Waals surface area contributed by atoms with E-state index in [9.17, 15) is 4.79 Å². The van der Waals surface area contributed by atoms with Gasteiger partial charge in [-0.1, -0.05) is 47.5 Å². The summed E-state index contributed by atoms with van der Waals surface area (Å²) in [5, 5.41) is 12.9. The number of carboxylic acids is 1. The molecule has 0 spiro atoms. The molecule has 0 unspecified atom stereocenters. The summed E-state index contributed by atoms with van der Waals surface area (Å²) in [5.41, 5.74) is 1.93. The van der Waals surface area contributed by atoms with Crippen LogP contribution in [-0.4, -0.2) is 30.8 Å². The molecule has 0 heterocycles.